The largest absolute Gasteiger partial charge is 0.299 e. The highest BCUT2D eigenvalue weighted by Crippen LogP contribution is 2.42. The van der Waals surface area contributed by atoms with Crippen molar-refractivity contribution in [1.82, 2.24) is 4.90 Å². The van der Waals surface area contributed by atoms with Gasteiger partial charge in [0.1, 0.15) is 0 Å². The molecule has 1 aliphatic heterocycles. The molecule has 2 heteroatoms. The number of allylic oxidation sites excluding steroid dienone is 1. The van der Waals surface area contributed by atoms with Crippen molar-refractivity contribution in [2.24, 2.45) is 5.41 Å². The van der Waals surface area contributed by atoms with Gasteiger partial charge < -0.3 is 0 Å². The number of rotatable bonds is 3. The molecule has 0 unspecified atom stereocenters. The number of hydrogen-bond donors (Lipinski definition) is 0. The van der Waals surface area contributed by atoms with E-state index in [4.69, 9.17) is 11.6 Å². The van der Waals surface area contributed by atoms with Crippen molar-refractivity contribution in [2.75, 3.05) is 19.6 Å². The Labute approximate surface area is 140 Å². The molecule has 1 nitrogen and oxygen atoms in total. The molecule has 1 heterocycles. The van der Waals surface area contributed by atoms with Gasteiger partial charge in [-0.2, -0.15) is 0 Å². The van der Waals surface area contributed by atoms with Crippen LogP contribution < -0.4 is 0 Å². The van der Waals surface area contributed by atoms with Crippen LogP contribution in [0, 0.1) is 5.41 Å². The zero-order chi connectivity index (χ0) is 15.6. The van der Waals surface area contributed by atoms with Crippen LogP contribution in [0.2, 0.25) is 5.02 Å². The SMILES string of the molecule is CC1(C)CCC(c2ccc(Cl)cc2)=C(CN2CCCCC2)C1. The van der Waals surface area contributed by atoms with Crippen LogP contribution in [0.5, 0.6) is 0 Å². The lowest BCUT2D eigenvalue weighted by Gasteiger charge is -2.37. The van der Waals surface area contributed by atoms with Gasteiger partial charge in [-0.05, 0) is 73.9 Å². The quantitative estimate of drug-likeness (QED) is 0.682. The molecule has 1 aromatic carbocycles. The Balaban J connectivity index is 1.87. The van der Waals surface area contributed by atoms with Crippen molar-refractivity contribution in [2.45, 2.75) is 52.4 Å². The summed E-state index contributed by atoms with van der Waals surface area (Å²) < 4.78 is 0. The van der Waals surface area contributed by atoms with Gasteiger partial charge in [0.2, 0.25) is 0 Å². The van der Waals surface area contributed by atoms with E-state index in [0.717, 1.165) is 5.02 Å². The van der Waals surface area contributed by atoms with Crippen LogP contribution in [-0.4, -0.2) is 24.5 Å². The number of piperidine rings is 1. The van der Waals surface area contributed by atoms with Crippen LogP contribution in [0.1, 0.15) is 57.9 Å². The first-order chi connectivity index (χ1) is 10.5. The lowest BCUT2D eigenvalue weighted by Crippen LogP contribution is -2.33. The minimum absolute atomic E-state index is 0.445. The highest BCUT2D eigenvalue weighted by Gasteiger charge is 2.28. The Morgan fingerprint density at radius 1 is 1.05 bits per heavy atom. The molecular weight excluding hydrogens is 290 g/mol. The first-order valence-electron chi connectivity index (χ1n) is 8.73. The molecule has 0 aromatic heterocycles. The molecule has 0 saturated carbocycles. The fourth-order valence-corrected chi connectivity index (χ4v) is 4.08. The predicted molar refractivity (Wildman–Crippen MR) is 96.3 cm³/mol. The average molecular weight is 318 g/mol. The second-order valence-corrected chi connectivity index (χ2v) is 8.20. The van der Waals surface area contributed by atoms with Crippen LogP contribution in [0.25, 0.3) is 5.57 Å². The molecule has 22 heavy (non-hydrogen) atoms. The van der Waals surface area contributed by atoms with E-state index in [-0.39, 0.29) is 0 Å². The maximum Gasteiger partial charge on any atom is 0.0406 e. The predicted octanol–water partition coefficient (Wildman–Crippen LogP) is 5.79. The first-order valence-corrected chi connectivity index (χ1v) is 9.10. The number of benzene rings is 1. The monoisotopic (exact) mass is 317 g/mol. The van der Waals surface area contributed by atoms with Gasteiger partial charge in [-0.15, -0.1) is 0 Å². The number of likely N-dealkylation sites (tertiary alicyclic amines) is 1. The van der Waals surface area contributed by atoms with E-state index >= 15 is 0 Å². The summed E-state index contributed by atoms with van der Waals surface area (Å²) in [6.45, 7) is 8.56. The van der Waals surface area contributed by atoms with Crippen LogP contribution in [0.15, 0.2) is 29.8 Å². The van der Waals surface area contributed by atoms with Crippen molar-refractivity contribution in [3.63, 3.8) is 0 Å². The third kappa shape index (κ3) is 3.94. The molecule has 1 fully saturated rings. The molecule has 120 valence electrons. The lowest BCUT2D eigenvalue weighted by molar-refractivity contribution is 0.232. The Kier molecular flexibility index (Phi) is 4.94. The molecule has 0 atom stereocenters. The lowest BCUT2D eigenvalue weighted by atomic mass is 9.72. The molecule has 0 N–H and O–H groups in total. The summed E-state index contributed by atoms with van der Waals surface area (Å²) in [7, 11) is 0. The van der Waals surface area contributed by atoms with Crippen molar-refractivity contribution >= 4 is 17.2 Å². The summed E-state index contributed by atoms with van der Waals surface area (Å²) in [4.78, 5) is 2.66. The van der Waals surface area contributed by atoms with E-state index in [2.05, 4.69) is 30.9 Å². The van der Waals surface area contributed by atoms with E-state index < -0.39 is 0 Å². The summed E-state index contributed by atoms with van der Waals surface area (Å²) in [5.41, 5.74) is 5.08. The van der Waals surface area contributed by atoms with Gasteiger partial charge in [-0.25, -0.2) is 0 Å². The van der Waals surface area contributed by atoms with Gasteiger partial charge in [0.15, 0.2) is 0 Å². The summed E-state index contributed by atoms with van der Waals surface area (Å²) >= 11 is 6.06. The minimum atomic E-state index is 0.445. The first kappa shape index (κ1) is 16.1. The number of nitrogens with zero attached hydrogens (tertiary/aromatic N) is 1. The van der Waals surface area contributed by atoms with Crippen LogP contribution >= 0.6 is 11.6 Å². The van der Waals surface area contributed by atoms with E-state index in [1.165, 1.54) is 63.7 Å². The standard InChI is InChI=1S/C20H28ClN/c1-20(2)11-10-19(16-6-8-18(21)9-7-16)17(14-20)15-22-12-4-3-5-13-22/h6-9H,3-5,10-15H2,1-2H3. The van der Waals surface area contributed by atoms with E-state index in [0.29, 0.717) is 5.41 Å². The molecule has 1 aromatic rings. The second kappa shape index (κ2) is 6.76. The molecule has 0 bridgehead atoms. The Bertz CT molecular complexity index is 535. The third-order valence-corrected chi connectivity index (χ3v) is 5.48. The average Bonchev–Trinajstić information content (AvgIpc) is 2.49. The normalized spacial score (nSPS) is 22.9. The molecule has 3 rings (SSSR count). The second-order valence-electron chi connectivity index (χ2n) is 7.77. The maximum atomic E-state index is 6.06. The molecule has 2 aliphatic rings. The Hall–Kier alpha value is -0.790. The number of halogens is 1. The minimum Gasteiger partial charge on any atom is -0.299 e. The fraction of sp³-hybridized carbons (Fsp3) is 0.600. The topological polar surface area (TPSA) is 3.24 Å². The summed E-state index contributed by atoms with van der Waals surface area (Å²) in [6, 6.07) is 8.46. The summed E-state index contributed by atoms with van der Waals surface area (Å²) in [5, 5.41) is 0.832. The zero-order valence-electron chi connectivity index (χ0n) is 14.0. The zero-order valence-corrected chi connectivity index (χ0v) is 14.8. The Morgan fingerprint density at radius 2 is 1.73 bits per heavy atom. The highest BCUT2D eigenvalue weighted by atomic mass is 35.5. The number of hydrogen-bond acceptors (Lipinski definition) is 1. The van der Waals surface area contributed by atoms with Crippen molar-refractivity contribution < 1.29 is 0 Å². The molecule has 1 aliphatic carbocycles. The maximum absolute atomic E-state index is 6.06. The van der Waals surface area contributed by atoms with Crippen LogP contribution in [-0.2, 0) is 0 Å². The molecule has 0 spiro atoms. The third-order valence-electron chi connectivity index (χ3n) is 5.23. The van der Waals surface area contributed by atoms with Gasteiger partial charge in [-0.1, -0.05) is 49.6 Å². The van der Waals surface area contributed by atoms with E-state index in [1.807, 2.05) is 12.1 Å². The van der Waals surface area contributed by atoms with Gasteiger partial charge in [0.05, 0.1) is 0 Å². The van der Waals surface area contributed by atoms with Gasteiger partial charge in [0, 0.05) is 11.6 Å². The smallest absolute Gasteiger partial charge is 0.0406 e. The van der Waals surface area contributed by atoms with Crippen LogP contribution in [0.3, 0.4) is 0 Å². The summed E-state index contributed by atoms with van der Waals surface area (Å²) in [6.07, 6.45) is 7.87. The summed E-state index contributed by atoms with van der Waals surface area (Å²) in [5.74, 6) is 0. The fourth-order valence-electron chi connectivity index (χ4n) is 3.95. The van der Waals surface area contributed by atoms with Crippen LogP contribution in [0.4, 0.5) is 0 Å². The highest BCUT2D eigenvalue weighted by molar-refractivity contribution is 6.30. The molecule has 0 amide bonds. The molecule has 0 radical (unpaired) electrons. The van der Waals surface area contributed by atoms with Gasteiger partial charge >= 0.3 is 0 Å². The van der Waals surface area contributed by atoms with Gasteiger partial charge in [0.25, 0.3) is 0 Å². The Morgan fingerprint density at radius 3 is 2.41 bits per heavy atom. The van der Waals surface area contributed by atoms with E-state index in [9.17, 15) is 0 Å². The van der Waals surface area contributed by atoms with Crippen molar-refractivity contribution in [1.29, 1.82) is 0 Å². The van der Waals surface area contributed by atoms with Crippen molar-refractivity contribution in [3.8, 4) is 0 Å². The molecular formula is C20H28ClN. The van der Waals surface area contributed by atoms with Crippen molar-refractivity contribution in [3.05, 3.63) is 40.4 Å². The van der Waals surface area contributed by atoms with E-state index in [1.54, 1.807) is 11.1 Å². The molecule has 1 saturated heterocycles. The van der Waals surface area contributed by atoms with Gasteiger partial charge in [-0.3, -0.25) is 4.90 Å².